The molecule has 6 nitrogen and oxygen atoms in total. The third kappa shape index (κ3) is 5.26. The Balaban J connectivity index is 2.01. The molecule has 0 N–H and O–H groups in total. The van der Waals surface area contributed by atoms with Crippen molar-refractivity contribution >= 4 is 34.2 Å². The molecule has 0 unspecified atom stereocenters. The smallest absolute Gasteiger partial charge is 0.302 e. The molecular formula is C25H26ClN3O3. The molecule has 0 amide bonds. The van der Waals surface area contributed by atoms with Crippen LogP contribution in [-0.2, 0) is 22.7 Å². The molecule has 0 saturated carbocycles. The molecule has 3 aromatic rings. The van der Waals surface area contributed by atoms with E-state index in [1.165, 1.54) is 6.92 Å². The molecule has 166 valence electrons. The molecule has 7 heteroatoms. The number of esters is 1. The van der Waals surface area contributed by atoms with E-state index in [1.54, 1.807) is 18.5 Å². The molecule has 2 aromatic heterocycles. The molecule has 0 saturated heterocycles. The minimum absolute atomic E-state index is 0.0805. The zero-order valence-electron chi connectivity index (χ0n) is 18.7. The zero-order valence-corrected chi connectivity index (χ0v) is 19.4. The number of aromatic nitrogens is 2. The molecule has 1 aromatic carbocycles. The molecule has 0 atom stereocenters. The van der Waals surface area contributed by atoms with Gasteiger partial charge in [0.05, 0.1) is 5.02 Å². The fraction of sp³-hybridized carbons (Fsp3) is 0.240. The predicted octanol–water partition coefficient (Wildman–Crippen LogP) is 5.32. The summed E-state index contributed by atoms with van der Waals surface area (Å²) in [5.74, 6) is 0.262. The molecule has 0 aliphatic carbocycles. The number of para-hydroxylation sites is 1. The highest BCUT2D eigenvalue weighted by molar-refractivity contribution is 6.31. The molecule has 0 aliphatic heterocycles. The van der Waals surface area contributed by atoms with Gasteiger partial charge in [-0.2, -0.15) is 0 Å². The number of rotatable bonds is 8. The van der Waals surface area contributed by atoms with Gasteiger partial charge in [-0.3, -0.25) is 9.78 Å². The summed E-state index contributed by atoms with van der Waals surface area (Å²) in [5, 5.41) is 1.42. The lowest BCUT2D eigenvalue weighted by Crippen LogP contribution is -2.11. The van der Waals surface area contributed by atoms with Crippen LogP contribution in [0.5, 0.6) is 5.75 Å². The molecule has 3 rings (SSSR count). The van der Waals surface area contributed by atoms with Gasteiger partial charge in [-0.15, -0.1) is 0 Å². The van der Waals surface area contributed by atoms with Crippen LogP contribution in [0, 0.1) is 6.92 Å². The van der Waals surface area contributed by atoms with Gasteiger partial charge in [0.15, 0.2) is 0 Å². The Morgan fingerprint density at radius 1 is 1.25 bits per heavy atom. The summed E-state index contributed by atoms with van der Waals surface area (Å²) in [5.41, 5.74) is 5.10. The van der Waals surface area contributed by atoms with Gasteiger partial charge < -0.3 is 14.4 Å². The van der Waals surface area contributed by atoms with Crippen molar-refractivity contribution in [3.8, 4) is 5.75 Å². The molecule has 0 fully saturated rings. The van der Waals surface area contributed by atoms with Crippen molar-refractivity contribution < 1.29 is 14.3 Å². The van der Waals surface area contributed by atoms with Crippen LogP contribution in [0.2, 0.25) is 5.02 Å². The van der Waals surface area contributed by atoms with E-state index in [4.69, 9.17) is 26.1 Å². The predicted molar refractivity (Wildman–Crippen MR) is 127 cm³/mol. The fourth-order valence-electron chi connectivity index (χ4n) is 3.39. The number of allylic oxidation sites excluding steroid dienone is 2. The van der Waals surface area contributed by atoms with Crippen LogP contribution >= 0.6 is 11.6 Å². The van der Waals surface area contributed by atoms with Crippen molar-refractivity contribution in [2.45, 2.75) is 27.1 Å². The van der Waals surface area contributed by atoms with Gasteiger partial charge in [-0.1, -0.05) is 36.4 Å². The number of benzene rings is 1. The first kappa shape index (κ1) is 23.3. The average molecular weight is 452 g/mol. The number of fused-ring (bicyclic) bond motifs is 1. The van der Waals surface area contributed by atoms with Gasteiger partial charge in [0.2, 0.25) is 0 Å². The van der Waals surface area contributed by atoms with E-state index >= 15 is 0 Å². The number of hydrogen-bond donors (Lipinski definition) is 0. The first-order valence-electron chi connectivity index (χ1n) is 10.1. The maximum atomic E-state index is 11.2. The minimum Gasteiger partial charge on any atom is -0.487 e. The average Bonchev–Trinajstić information content (AvgIpc) is 2.74. The number of carbonyl (C=O) groups is 1. The molecule has 0 spiro atoms. The molecule has 32 heavy (non-hydrogen) atoms. The number of nitrogens with zero attached hydrogens (tertiary/aromatic N) is 3. The van der Waals surface area contributed by atoms with Crippen LogP contribution in [0.15, 0.2) is 55.4 Å². The Morgan fingerprint density at radius 3 is 2.72 bits per heavy atom. The highest BCUT2D eigenvalue weighted by Crippen LogP contribution is 2.32. The Hall–Kier alpha value is -3.38. The van der Waals surface area contributed by atoms with Gasteiger partial charge in [-0.05, 0) is 25.1 Å². The Bertz CT molecular complexity index is 1190. The van der Waals surface area contributed by atoms with Gasteiger partial charge >= 0.3 is 5.97 Å². The largest absolute Gasteiger partial charge is 0.487 e. The fourth-order valence-corrected chi connectivity index (χ4v) is 3.62. The minimum atomic E-state index is -0.373. The lowest BCUT2D eigenvalue weighted by Gasteiger charge is -2.20. The van der Waals surface area contributed by atoms with Crippen LogP contribution in [0.1, 0.15) is 29.3 Å². The molecular weight excluding hydrogens is 426 g/mol. The Labute approximate surface area is 193 Å². The third-order valence-corrected chi connectivity index (χ3v) is 5.19. The van der Waals surface area contributed by atoms with Crippen LogP contribution in [0.4, 0.5) is 0 Å². The SMILES string of the molecule is C=C/C=C(/c1cc(C)nc2c(OCc3c(Cl)cncc3COC(C)=O)cccc12)N(C)C. The van der Waals surface area contributed by atoms with E-state index in [9.17, 15) is 4.79 Å². The quantitative estimate of drug-likeness (QED) is 0.341. The number of ether oxygens (including phenoxy) is 2. The second kappa shape index (κ2) is 10.3. The van der Waals surface area contributed by atoms with Crippen LogP contribution in [-0.4, -0.2) is 34.9 Å². The van der Waals surface area contributed by atoms with E-state index in [0.717, 1.165) is 27.9 Å². The molecule has 0 radical (unpaired) electrons. The van der Waals surface area contributed by atoms with Gasteiger partial charge in [-0.25, -0.2) is 4.98 Å². The van der Waals surface area contributed by atoms with Crippen LogP contribution < -0.4 is 4.74 Å². The number of hydrogen-bond acceptors (Lipinski definition) is 6. The summed E-state index contributed by atoms with van der Waals surface area (Å²) >= 11 is 6.37. The van der Waals surface area contributed by atoms with Crippen molar-refractivity contribution in [2.24, 2.45) is 0 Å². The summed E-state index contributed by atoms with van der Waals surface area (Å²) in [6, 6.07) is 7.90. The summed E-state index contributed by atoms with van der Waals surface area (Å²) in [4.78, 5) is 22.1. The number of halogens is 1. The van der Waals surface area contributed by atoms with Crippen molar-refractivity contribution in [3.63, 3.8) is 0 Å². The summed E-state index contributed by atoms with van der Waals surface area (Å²) in [6.45, 7) is 7.42. The van der Waals surface area contributed by atoms with E-state index in [0.29, 0.717) is 21.9 Å². The third-order valence-electron chi connectivity index (χ3n) is 4.86. The highest BCUT2D eigenvalue weighted by Gasteiger charge is 2.15. The highest BCUT2D eigenvalue weighted by atomic mass is 35.5. The number of pyridine rings is 2. The topological polar surface area (TPSA) is 64.6 Å². The van der Waals surface area contributed by atoms with Gasteiger partial charge in [0.1, 0.15) is 24.5 Å². The van der Waals surface area contributed by atoms with Gasteiger partial charge in [0.25, 0.3) is 0 Å². The van der Waals surface area contributed by atoms with Crippen LogP contribution in [0.3, 0.4) is 0 Å². The van der Waals surface area contributed by atoms with E-state index in [1.807, 2.05) is 50.2 Å². The number of carbonyl (C=O) groups excluding carboxylic acids is 1. The normalized spacial score (nSPS) is 11.3. The summed E-state index contributed by atoms with van der Waals surface area (Å²) in [7, 11) is 3.99. The van der Waals surface area contributed by atoms with Gasteiger partial charge in [0, 0.05) is 66.9 Å². The lowest BCUT2D eigenvalue weighted by molar-refractivity contribution is -0.142. The molecule has 0 aliphatic rings. The molecule has 2 heterocycles. The zero-order chi connectivity index (χ0) is 23.3. The second-order valence-electron chi connectivity index (χ2n) is 7.47. The first-order chi connectivity index (χ1) is 15.3. The van der Waals surface area contributed by atoms with Crippen molar-refractivity contribution in [1.82, 2.24) is 14.9 Å². The number of aryl methyl sites for hydroxylation is 1. The Morgan fingerprint density at radius 2 is 2.03 bits per heavy atom. The monoisotopic (exact) mass is 451 g/mol. The first-order valence-corrected chi connectivity index (χ1v) is 10.5. The van der Waals surface area contributed by atoms with E-state index < -0.39 is 0 Å². The van der Waals surface area contributed by atoms with Crippen molar-refractivity contribution in [2.75, 3.05) is 14.1 Å². The van der Waals surface area contributed by atoms with Crippen LogP contribution in [0.25, 0.3) is 16.6 Å². The van der Waals surface area contributed by atoms with Crippen molar-refractivity contribution in [1.29, 1.82) is 0 Å². The second-order valence-corrected chi connectivity index (χ2v) is 7.88. The maximum Gasteiger partial charge on any atom is 0.302 e. The standard InChI is InChI=1S/C25H26ClN3O3/c1-6-8-23(29(4)5)20-11-16(2)28-25-19(20)9-7-10-24(25)32-15-21-18(14-31-17(3)30)12-27-13-22(21)26/h6-13H,1,14-15H2,2-5H3/b23-8-. The lowest BCUT2D eigenvalue weighted by atomic mass is 10.0. The van der Waals surface area contributed by atoms with E-state index in [-0.39, 0.29) is 19.2 Å². The van der Waals surface area contributed by atoms with E-state index in [2.05, 4.69) is 17.6 Å². The molecule has 0 bridgehead atoms. The maximum absolute atomic E-state index is 11.2. The van der Waals surface area contributed by atoms with Crippen molar-refractivity contribution in [3.05, 3.63) is 82.8 Å². The summed E-state index contributed by atoms with van der Waals surface area (Å²) < 4.78 is 11.3. The Kier molecular flexibility index (Phi) is 7.49. The summed E-state index contributed by atoms with van der Waals surface area (Å²) in [6.07, 6.45) is 6.91.